The van der Waals surface area contributed by atoms with Gasteiger partial charge in [0.05, 0.1) is 23.5 Å². The first-order valence-electron chi connectivity index (χ1n) is 14.6. The van der Waals surface area contributed by atoms with Gasteiger partial charge in [0, 0.05) is 16.8 Å². The van der Waals surface area contributed by atoms with Gasteiger partial charge in [-0.3, -0.25) is 4.98 Å². The van der Waals surface area contributed by atoms with E-state index in [1.165, 1.54) is 36.1 Å². The first kappa shape index (κ1) is 28.8. The lowest BCUT2D eigenvalue weighted by Gasteiger charge is -2.45. The van der Waals surface area contributed by atoms with Crippen molar-refractivity contribution in [3.8, 4) is 0 Å². The Morgan fingerprint density at radius 3 is 2.31 bits per heavy atom. The number of aromatic nitrogens is 1. The van der Waals surface area contributed by atoms with E-state index in [0.717, 1.165) is 48.7 Å². The summed E-state index contributed by atoms with van der Waals surface area (Å²) in [5.74, 6) is 0.351. The van der Waals surface area contributed by atoms with Crippen LogP contribution in [0.2, 0.25) is 18.1 Å². The maximum atomic E-state index is 13.7. The van der Waals surface area contributed by atoms with E-state index < -0.39 is 26.2 Å². The molecular weight excluding hydrogens is 515 g/mol. The lowest BCUT2D eigenvalue weighted by molar-refractivity contribution is -0.137. The topological polar surface area (TPSA) is 31.4 Å². The number of alkyl halides is 3. The molecule has 0 saturated heterocycles. The number of pyridine rings is 1. The predicted molar refractivity (Wildman–Crippen MR) is 151 cm³/mol. The molecule has 1 saturated carbocycles. The van der Waals surface area contributed by atoms with Gasteiger partial charge in [0.25, 0.3) is 0 Å². The van der Waals surface area contributed by atoms with Crippen molar-refractivity contribution >= 4 is 8.32 Å². The highest BCUT2D eigenvalue weighted by atomic mass is 28.4. The first-order chi connectivity index (χ1) is 18.0. The Bertz CT molecular complexity index is 1240. The minimum Gasteiger partial charge on any atom is -0.410 e. The summed E-state index contributed by atoms with van der Waals surface area (Å²) < 4.78 is 54.8. The van der Waals surface area contributed by atoms with E-state index in [2.05, 4.69) is 47.7 Å². The fourth-order valence-electron chi connectivity index (χ4n) is 6.66. The smallest absolute Gasteiger partial charge is 0.410 e. The summed E-state index contributed by atoms with van der Waals surface area (Å²) in [6.07, 6.45) is 0.969. The molecule has 1 aliphatic heterocycles. The van der Waals surface area contributed by atoms with Crippen molar-refractivity contribution in [2.45, 2.75) is 129 Å². The molecule has 0 N–H and O–H groups in total. The number of halogens is 3. The molecule has 3 aliphatic rings. The summed E-state index contributed by atoms with van der Waals surface area (Å²) in [7, 11) is -2.12. The average Bonchev–Trinajstić information content (AvgIpc) is 3.44. The Labute approximate surface area is 233 Å². The molecule has 2 unspecified atom stereocenters. The number of fused-ring (bicyclic) bond motifs is 2. The third-order valence-electron chi connectivity index (χ3n) is 9.64. The molecule has 3 nitrogen and oxygen atoms in total. The number of benzene rings is 1. The van der Waals surface area contributed by atoms with E-state index in [4.69, 9.17) is 14.1 Å². The third kappa shape index (κ3) is 5.35. The van der Waals surface area contributed by atoms with Gasteiger partial charge in [0.1, 0.15) is 6.10 Å². The molecule has 0 radical (unpaired) electrons. The Balaban J connectivity index is 1.73. The number of nitrogens with zero attached hydrogens (tertiary/aromatic N) is 1. The van der Waals surface area contributed by atoms with Crippen molar-refractivity contribution in [3.63, 3.8) is 0 Å². The van der Waals surface area contributed by atoms with Crippen LogP contribution in [0.5, 0.6) is 0 Å². The number of hydrogen-bond donors (Lipinski definition) is 0. The zero-order valence-electron chi connectivity index (χ0n) is 24.8. The lowest BCUT2D eigenvalue weighted by Crippen LogP contribution is -2.44. The molecule has 7 heteroatoms. The van der Waals surface area contributed by atoms with Gasteiger partial charge in [0.2, 0.25) is 0 Å². The van der Waals surface area contributed by atoms with Gasteiger partial charge < -0.3 is 9.16 Å². The first-order valence-corrected chi connectivity index (χ1v) is 17.5. The van der Waals surface area contributed by atoms with Gasteiger partial charge in [0.15, 0.2) is 8.32 Å². The van der Waals surface area contributed by atoms with Crippen LogP contribution in [0.4, 0.5) is 13.2 Å². The van der Waals surface area contributed by atoms with Gasteiger partial charge in [-0.25, -0.2) is 0 Å². The largest absolute Gasteiger partial charge is 0.416 e. The highest BCUT2D eigenvalue weighted by Gasteiger charge is 2.47. The van der Waals surface area contributed by atoms with Gasteiger partial charge in [-0.05, 0) is 85.3 Å². The molecule has 0 spiro atoms. The van der Waals surface area contributed by atoms with Crippen LogP contribution in [0.15, 0.2) is 24.3 Å². The summed E-state index contributed by atoms with van der Waals surface area (Å²) in [6, 6.07) is 5.66. The zero-order chi connectivity index (χ0) is 28.5. The highest BCUT2D eigenvalue weighted by molar-refractivity contribution is 6.74. The maximum absolute atomic E-state index is 13.7. The fraction of sp³-hybridized carbons (Fsp3) is 0.656. The van der Waals surface area contributed by atoms with Crippen molar-refractivity contribution < 1.29 is 22.3 Å². The van der Waals surface area contributed by atoms with Gasteiger partial charge in [-0.15, -0.1) is 0 Å². The van der Waals surface area contributed by atoms with Crippen LogP contribution in [0.1, 0.15) is 137 Å². The second-order valence-corrected chi connectivity index (χ2v) is 19.1. The summed E-state index contributed by atoms with van der Waals surface area (Å²) >= 11 is 0. The number of rotatable bonds is 4. The predicted octanol–water partition coefficient (Wildman–Crippen LogP) is 9.97. The van der Waals surface area contributed by atoms with E-state index in [-0.39, 0.29) is 22.7 Å². The van der Waals surface area contributed by atoms with Crippen molar-refractivity contribution in [3.05, 3.63) is 63.5 Å². The Morgan fingerprint density at radius 2 is 1.69 bits per heavy atom. The average molecular weight is 560 g/mol. The molecule has 39 heavy (non-hydrogen) atoms. The molecule has 2 aromatic rings. The monoisotopic (exact) mass is 559 g/mol. The molecular formula is C32H44F3NO2Si. The highest BCUT2D eigenvalue weighted by Crippen LogP contribution is 2.55. The van der Waals surface area contributed by atoms with E-state index in [0.29, 0.717) is 11.5 Å². The number of ether oxygens (including phenoxy) is 1. The summed E-state index contributed by atoms with van der Waals surface area (Å²) in [4.78, 5) is 5.28. The summed E-state index contributed by atoms with van der Waals surface area (Å²) in [6.45, 7) is 18.0. The van der Waals surface area contributed by atoms with Crippen molar-refractivity contribution in [2.75, 3.05) is 0 Å². The van der Waals surface area contributed by atoms with Crippen LogP contribution in [-0.2, 0) is 21.8 Å². The minimum absolute atomic E-state index is 0.0390. The van der Waals surface area contributed by atoms with Crippen molar-refractivity contribution in [1.82, 2.24) is 4.98 Å². The molecule has 2 aliphatic carbocycles. The Hall–Kier alpha value is -1.70. The fourth-order valence-corrected chi connectivity index (χ4v) is 7.93. The van der Waals surface area contributed by atoms with Crippen LogP contribution in [-0.4, -0.2) is 13.3 Å². The van der Waals surface area contributed by atoms with E-state index in [1.54, 1.807) is 6.07 Å². The molecule has 1 fully saturated rings. The van der Waals surface area contributed by atoms with Crippen molar-refractivity contribution in [1.29, 1.82) is 0 Å². The lowest BCUT2D eigenvalue weighted by atomic mass is 9.71. The molecule has 0 bridgehead atoms. The van der Waals surface area contributed by atoms with Crippen LogP contribution in [0.3, 0.4) is 0 Å². The molecule has 5 rings (SSSR count). The van der Waals surface area contributed by atoms with E-state index >= 15 is 0 Å². The minimum atomic E-state index is -4.40. The number of hydrogen-bond acceptors (Lipinski definition) is 3. The molecule has 2 heterocycles. The van der Waals surface area contributed by atoms with Crippen LogP contribution < -0.4 is 0 Å². The van der Waals surface area contributed by atoms with E-state index in [1.807, 2.05) is 6.92 Å². The summed E-state index contributed by atoms with van der Waals surface area (Å²) in [5, 5.41) is 0.0601. The SMILES string of the molecule is CC1OC(c2cccc(C(F)(F)F)c2)c2c1nc1c(c2C2CCCC2)[C@@H](O[Si](C)(C)C(C)(C)C)CC(C)(C)C1. The van der Waals surface area contributed by atoms with E-state index in [9.17, 15) is 13.2 Å². The molecule has 3 atom stereocenters. The molecule has 214 valence electrons. The molecule has 1 aromatic carbocycles. The van der Waals surface area contributed by atoms with Crippen LogP contribution >= 0.6 is 0 Å². The molecule has 0 amide bonds. The zero-order valence-corrected chi connectivity index (χ0v) is 25.8. The Kier molecular flexibility index (Phi) is 7.16. The maximum Gasteiger partial charge on any atom is 0.416 e. The summed E-state index contributed by atoms with van der Waals surface area (Å²) in [5.41, 5.74) is 5.47. The quantitative estimate of drug-likeness (QED) is 0.349. The van der Waals surface area contributed by atoms with Gasteiger partial charge in [-0.2, -0.15) is 13.2 Å². The van der Waals surface area contributed by atoms with Crippen LogP contribution in [0.25, 0.3) is 0 Å². The Morgan fingerprint density at radius 1 is 1.03 bits per heavy atom. The second kappa shape index (κ2) is 9.69. The van der Waals surface area contributed by atoms with Gasteiger partial charge >= 0.3 is 6.18 Å². The van der Waals surface area contributed by atoms with Crippen LogP contribution in [0, 0.1) is 5.41 Å². The molecule has 1 aromatic heterocycles. The second-order valence-electron chi connectivity index (χ2n) is 14.4. The standard InChI is InChI=1S/C32H44F3NO2Si/c1-19-28-27(29(37-19)21-14-11-15-22(16-21)32(33,34)35)25(20-12-9-10-13-20)26-23(36-28)17-31(5,6)18-24(26)38-39(7,8)30(2,3)4/h11,14-16,19-20,24,29H,9-10,12-13,17-18H2,1-8H3/t19?,24-,29?/m0/s1. The normalized spacial score (nSPS) is 25.6. The third-order valence-corrected chi connectivity index (χ3v) is 14.1. The van der Waals surface area contributed by atoms with Crippen molar-refractivity contribution in [2.24, 2.45) is 5.41 Å². The van der Waals surface area contributed by atoms with Gasteiger partial charge in [-0.1, -0.05) is 59.6 Å².